The van der Waals surface area contributed by atoms with Crippen LogP contribution < -0.4 is 0 Å². The topological polar surface area (TPSA) is 40.5 Å². The van der Waals surface area contributed by atoms with Gasteiger partial charge in [-0.05, 0) is 36.9 Å². The summed E-state index contributed by atoms with van der Waals surface area (Å²) in [7, 11) is 0. The van der Waals surface area contributed by atoms with E-state index in [4.69, 9.17) is 0 Å². The molecule has 1 saturated heterocycles. The fourth-order valence-corrected chi connectivity index (χ4v) is 3.36. The maximum absolute atomic E-state index is 11.2. The first-order chi connectivity index (χ1) is 6.70. The van der Waals surface area contributed by atoms with Crippen molar-refractivity contribution in [2.75, 3.05) is 24.6 Å². The fraction of sp³-hybridized carbons (Fsp3) is 0.900. The van der Waals surface area contributed by atoms with E-state index in [1.807, 2.05) is 25.6 Å². The molecule has 4 heteroatoms. The van der Waals surface area contributed by atoms with Crippen LogP contribution >= 0.6 is 11.8 Å². The van der Waals surface area contributed by atoms with Crippen molar-refractivity contribution in [3.05, 3.63) is 0 Å². The Kier molecular flexibility index (Phi) is 4.75. The molecule has 82 valence electrons. The highest BCUT2D eigenvalue weighted by Gasteiger charge is 2.34. The van der Waals surface area contributed by atoms with E-state index in [1.165, 1.54) is 0 Å². The van der Waals surface area contributed by atoms with Crippen LogP contribution in [-0.4, -0.2) is 46.6 Å². The molecule has 0 amide bonds. The first kappa shape index (κ1) is 11.9. The third-order valence-electron chi connectivity index (χ3n) is 2.87. The van der Waals surface area contributed by atoms with Gasteiger partial charge in [0, 0.05) is 0 Å². The van der Waals surface area contributed by atoms with E-state index in [0.29, 0.717) is 5.92 Å². The number of carboxylic acids is 1. The number of carboxylic acid groups (broad SMARTS) is 1. The molecule has 1 aliphatic rings. The van der Waals surface area contributed by atoms with Crippen LogP contribution in [0.1, 0.15) is 20.3 Å². The molecule has 14 heavy (non-hydrogen) atoms. The number of nitrogens with zero attached hydrogens (tertiary/aromatic N) is 1. The van der Waals surface area contributed by atoms with Crippen molar-refractivity contribution in [3.8, 4) is 0 Å². The normalized spacial score (nSPS) is 24.1. The van der Waals surface area contributed by atoms with Gasteiger partial charge in [0.05, 0.1) is 0 Å². The van der Waals surface area contributed by atoms with E-state index in [1.54, 1.807) is 0 Å². The lowest BCUT2D eigenvalue weighted by atomic mass is 9.97. The summed E-state index contributed by atoms with van der Waals surface area (Å²) >= 11 is 1.88. The summed E-state index contributed by atoms with van der Waals surface area (Å²) in [5, 5.41) is 9.22. The average molecular weight is 217 g/mol. The number of hydrogen-bond acceptors (Lipinski definition) is 3. The minimum Gasteiger partial charge on any atom is -0.480 e. The molecule has 2 atom stereocenters. The maximum Gasteiger partial charge on any atom is 0.321 e. The second-order valence-corrected chi connectivity index (χ2v) is 4.78. The number of rotatable bonds is 5. The molecule has 1 heterocycles. The van der Waals surface area contributed by atoms with Crippen LogP contribution in [0.25, 0.3) is 0 Å². The largest absolute Gasteiger partial charge is 0.480 e. The molecule has 0 saturated carbocycles. The number of thioether (sulfide) groups is 1. The van der Waals surface area contributed by atoms with E-state index >= 15 is 0 Å². The predicted octanol–water partition coefficient (Wildman–Crippen LogP) is 1.53. The van der Waals surface area contributed by atoms with Crippen LogP contribution in [0, 0.1) is 5.92 Å². The molecule has 1 rings (SSSR count). The molecule has 2 unspecified atom stereocenters. The Labute approximate surface area is 89.9 Å². The molecule has 0 aliphatic carbocycles. The van der Waals surface area contributed by atoms with E-state index < -0.39 is 5.97 Å². The number of likely N-dealkylation sites (N-methyl/N-ethyl adjacent to an activating group) is 1. The fourth-order valence-electron chi connectivity index (χ4n) is 2.07. The standard InChI is InChI=1S/C10H19NO2S/c1-3-11(4-2)9(10(12)13)8-5-6-14-7-8/h8-9H,3-7H2,1-2H3,(H,12,13). The van der Waals surface area contributed by atoms with Gasteiger partial charge in [-0.25, -0.2) is 0 Å². The summed E-state index contributed by atoms with van der Waals surface area (Å²) in [6.07, 6.45) is 1.05. The summed E-state index contributed by atoms with van der Waals surface area (Å²) in [5.41, 5.74) is 0. The summed E-state index contributed by atoms with van der Waals surface area (Å²) in [6, 6.07) is -0.264. The highest BCUT2D eigenvalue weighted by molar-refractivity contribution is 7.99. The van der Waals surface area contributed by atoms with Gasteiger partial charge in [0.25, 0.3) is 0 Å². The smallest absolute Gasteiger partial charge is 0.321 e. The zero-order chi connectivity index (χ0) is 10.6. The highest BCUT2D eigenvalue weighted by Crippen LogP contribution is 2.28. The Hall–Kier alpha value is -0.220. The highest BCUT2D eigenvalue weighted by atomic mass is 32.2. The lowest BCUT2D eigenvalue weighted by molar-refractivity contribution is -0.145. The molecule has 0 spiro atoms. The van der Waals surface area contributed by atoms with Crippen LogP contribution in [0.3, 0.4) is 0 Å². The molecular formula is C10H19NO2S. The van der Waals surface area contributed by atoms with Gasteiger partial charge in [-0.1, -0.05) is 13.8 Å². The van der Waals surface area contributed by atoms with Gasteiger partial charge in [0.15, 0.2) is 0 Å². The molecule has 0 radical (unpaired) electrons. The Morgan fingerprint density at radius 3 is 2.57 bits per heavy atom. The van der Waals surface area contributed by atoms with E-state index in [-0.39, 0.29) is 6.04 Å². The number of hydrogen-bond donors (Lipinski definition) is 1. The van der Waals surface area contributed by atoms with Gasteiger partial charge < -0.3 is 5.11 Å². The molecule has 0 aromatic heterocycles. The van der Waals surface area contributed by atoms with Gasteiger partial charge in [-0.15, -0.1) is 0 Å². The van der Waals surface area contributed by atoms with Crippen molar-refractivity contribution in [2.45, 2.75) is 26.3 Å². The molecule has 0 aromatic carbocycles. The molecule has 1 N–H and O–H groups in total. The zero-order valence-corrected chi connectivity index (χ0v) is 9.72. The molecule has 0 bridgehead atoms. The van der Waals surface area contributed by atoms with Crippen LogP contribution in [-0.2, 0) is 4.79 Å². The third-order valence-corrected chi connectivity index (χ3v) is 4.06. The van der Waals surface area contributed by atoms with Crippen LogP contribution in [0.2, 0.25) is 0 Å². The van der Waals surface area contributed by atoms with Gasteiger partial charge in [0.2, 0.25) is 0 Å². The quantitative estimate of drug-likeness (QED) is 0.758. The summed E-state index contributed by atoms with van der Waals surface area (Å²) < 4.78 is 0. The average Bonchev–Trinajstić information content (AvgIpc) is 2.65. The van der Waals surface area contributed by atoms with Crippen molar-refractivity contribution in [1.82, 2.24) is 4.90 Å². The monoisotopic (exact) mass is 217 g/mol. The summed E-state index contributed by atoms with van der Waals surface area (Å²) in [4.78, 5) is 13.2. The van der Waals surface area contributed by atoms with Gasteiger partial charge in [0.1, 0.15) is 6.04 Å². The Morgan fingerprint density at radius 2 is 2.21 bits per heavy atom. The zero-order valence-electron chi connectivity index (χ0n) is 8.90. The minimum atomic E-state index is -0.652. The van der Waals surface area contributed by atoms with Gasteiger partial charge >= 0.3 is 5.97 Å². The minimum absolute atomic E-state index is 0.264. The van der Waals surface area contributed by atoms with Crippen molar-refractivity contribution in [2.24, 2.45) is 5.92 Å². The van der Waals surface area contributed by atoms with Crippen LogP contribution in [0.5, 0.6) is 0 Å². The summed E-state index contributed by atoms with van der Waals surface area (Å²) in [5.74, 6) is 1.82. The molecule has 1 aliphatic heterocycles. The first-order valence-electron chi connectivity index (χ1n) is 5.25. The lowest BCUT2D eigenvalue weighted by Crippen LogP contribution is -2.46. The maximum atomic E-state index is 11.2. The van der Waals surface area contributed by atoms with Crippen LogP contribution in [0.4, 0.5) is 0 Å². The van der Waals surface area contributed by atoms with Crippen LogP contribution in [0.15, 0.2) is 0 Å². The molecular weight excluding hydrogens is 198 g/mol. The van der Waals surface area contributed by atoms with Crippen molar-refractivity contribution in [1.29, 1.82) is 0 Å². The second-order valence-electron chi connectivity index (χ2n) is 3.63. The number of aliphatic carboxylic acids is 1. The predicted molar refractivity (Wildman–Crippen MR) is 59.8 cm³/mol. The van der Waals surface area contributed by atoms with Gasteiger partial charge in [-0.3, -0.25) is 9.69 Å². The Balaban J connectivity index is 2.66. The van der Waals surface area contributed by atoms with E-state index in [0.717, 1.165) is 31.0 Å². The summed E-state index contributed by atoms with van der Waals surface area (Å²) in [6.45, 7) is 5.71. The third kappa shape index (κ3) is 2.64. The second kappa shape index (κ2) is 5.61. The lowest BCUT2D eigenvalue weighted by Gasteiger charge is -2.30. The molecule has 1 fully saturated rings. The van der Waals surface area contributed by atoms with Gasteiger partial charge in [-0.2, -0.15) is 11.8 Å². The molecule has 3 nitrogen and oxygen atoms in total. The van der Waals surface area contributed by atoms with Crippen molar-refractivity contribution in [3.63, 3.8) is 0 Å². The SMILES string of the molecule is CCN(CC)C(C(=O)O)C1CCSC1. The number of carbonyl (C=O) groups is 1. The van der Waals surface area contributed by atoms with Crippen molar-refractivity contribution >= 4 is 17.7 Å². The van der Waals surface area contributed by atoms with E-state index in [9.17, 15) is 9.90 Å². The van der Waals surface area contributed by atoms with Crippen molar-refractivity contribution < 1.29 is 9.90 Å². The first-order valence-corrected chi connectivity index (χ1v) is 6.40. The molecule has 0 aromatic rings. The Bertz CT molecular complexity index is 187. The van der Waals surface area contributed by atoms with E-state index in [2.05, 4.69) is 4.90 Å². The Morgan fingerprint density at radius 1 is 1.57 bits per heavy atom.